The number of ether oxygens (including phenoxy) is 1. The molecule has 9 heteroatoms. The van der Waals surface area contributed by atoms with Gasteiger partial charge in [0.05, 0.1) is 0 Å². The summed E-state index contributed by atoms with van der Waals surface area (Å²) in [6.45, 7) is -0.150. The molecule has 14 heavy (non-hydrogen) atoms. The highest BCUT2D eigenvalue weighted by atomic mass is 32.2. The van der Waals surface area contributed by atoms with Crippen molar-refractivity contribution in [3.63, 3.8) is 0 Å². The van der Waals surface area contributed by atoms with Gasteiger partial charge in [0.2, 0.25) is 0 Å². The number of alkyl carbamates (subject to hydrolysis) is 1. The predicted octanol–water partition coefficient (Wildman–Crippen LogP) is -0.129. The third-order valence-electron chi connectivity index (χ3n) is 1.06. The summed E-state index contributed by atoms with van der Waals surface area (Å²) in [7, 11) is -5.80. The Kier molecular flexibility index (Phi) is 4.20. The number of hydrogen-bond acceptors (Lipinski definition) is 5. The molecule has 0 atom stereocenters. The average Bonchev–Trinajstić information content (AvgIpc) is 1.99. The first-order chi connectivity index (χ1) is 6.20. The van der Waals surface area contributed by atoms with Crippen LogP contribution in [-0.4, -0.2) is 37.5 Å². The monoisotopic (exact) mass is 232 g/mol. The molecule has 84 valence electrons. The van der Waals surface area contributed by atoms with E-state index in [4.69, 9.17) is 0 Å². The second-order valence-corrected chi connectivity index (χ2v) is 3.70. The van der Waals surface area contributed by atoms with Crippen molar-refractivity contribution in [3.05, 3.63) is 0 Å². The summed E-state index contributed by atoms with van der Waals surface area (Å²) in [6, 6.07) is 0. The maximum atomic E-state index is 12.3. The lowest BCUT2D eigenvalue weighted by Crippen LogP contribution is -2.37. The largest absolute Gasteiger partial charge is 0.743 e. The lowest BCUT2D eigenvalue weighted by atomic mass is 10.7. The SMILES string of the molecule is CCNC(=O)OCC(F)(F)S(=O)(=O)[O-]. The summed E-state index contributed by atoms with van der Waals surface area (Å²) in [5.41, 5.74) is 0. The van der Waals surface area contributed by atoms with Crippen LogP contribution < -0.4 is 5.32 Å². The number of alkyl halides is 2. The van der Waals surface area contributed by atoms with Crippen LogP contribution in [0, 0.1) is 0 Å². The second kappa shape index (κ2) is 4.51. The van der Waals surface area contributed by atoms with E-state index in [0.717, 1.165) is 0 Å². The van der Waals surface area contributed by atoms with Gasteiger partial charge in [0, 0.05) is 6.54 Å². The summed E-state index contributed by atoms with van der Waals surface area (Å²) in [4.78, 5) is 10.5. The second-order valence-electron chi connectivity index (χ2n) is 2.20. The molecule has 0 fully saturated rings. The zero-order valence-corrected chi connectivity index (χ0v) is 7.94. The van der Waals surface area contributed by atoms with Gasteiger partial charge in [-0.25, -0.2) is 13.2 Å². The Hall–Kier alpha value is -0.960. The molecule has 0 unspecified atom stereocenters. The van der Waals surface area contributed by atoms with Gasteiger partial charge in [0.25, 0.3) is 0 Å². The molecule has 0 radical (unpaired) electrons. The maximum absolute atomic E-state index is 12.3. The van der Waals surface area contributed by atoms with Gasteiger partial charge in [-0.2, -0.15) is 8.78 Å². The van der Waals surface area contributed by atoms with Gasteiger partial charge in [-0.05, 0) is 6.92 Å². The molecule has 0 aromatic carbocycles. The van der Waals surface area contributed by atoms with Crippen molar-refractivity contribution in [2.24, 2.45) is 0 Å². The van der Waals surface area contributed by atoms with Crippen LogP contribution in [0.3, 0.4) is 0 Å². The molecule has 0 aliphatic heterocycles. The lowest BCUT2D eigenvalue weighted by molar-refractivity contribution is 0.00684. The number of nitrogens with one attached hydrogen (secondary N) is 1. The summed E-state index contributed by atoms with van der Waals surface area (Å²) in [5.74, 6) is 0. The fourth-order valence-electron chi connectivity index (χ4n) is 0.417. The average molecular weight is 232 g/mol. The molecule has 0 saturated carbocycles. The molecule has 0 aliphatic rings. The minimum Gasteiger partial charge on any atom is -0.743 e. The van der Waals surface area contributed by atoms with Crippen molar-refractivity contribution >= 4 is 16.2 Å². The van der Waals surface area contributed by atoms with E-state index in [0.29, 0.717) is 0 Å². The van der Waals surface area contributed by atoms with E-state index >= 15 is 0 Å². The van der Waals surface area contributed by atoms with Crippen molar-refractivity contribution in [2.45, 2.75) is 12.2 Å². The van der Waals surface area contributed by atoms with Crippen LogP contribution in [0.2, 0.25) is 0 Å². The third kappa shape index (κ3) is 3.83. The molecule has 6 nitrogen and oxygen atoms in total. The number of amides is 1. The van der Waals surface area contributed by atoms with Crippen LogP contribution in [0.4, 0.5) is 13.6 Å². The maximum Gasteiger partial charge on any atom is 0.407 e. The van der Waals surface area contributed by atoms with E-state index < -0.39 is 28.1 Å². The Labute approximate surface area is 79.0 Å². The van der Waals surface area contributed by atoms with E-state index in [1.165, 1.54) is 6.92 Å². The lowest BCUT2D eigenvalue weighted by Gasteiger charge is -2.19. The Balaban J connectivity index is 4.20. The first-order valence-electron chi connectivity index (χ1n) is 3.44. The zero-order valence-electron chi connectivity index (χ0n) is 7.12. The van der Waals surface area contributed by atoms with Crippen LogP contribution in [0.15, 0.2) is 0 Å². The molecule has 0 aliphatic carbocycles. The molecular weight excluding hydrogens is 224 g/mol. The quantitative estimate of drug-likeness (QED) is 0.681. The van der Waals surface area contributed by atoms with Crippen LogP contribution in [0.25, 0.3) is 0 Å². The zero-order chi connectivity index (χ0) is 11.4. The standard InChI is InChI=1S/C5H9F2NO5S/c1-2-8-4(9)13-3-5(6,7)14(10,11)12/h2-3H2,1H3,(H,8,9)(H,10,11,12)/p-1. The number of carbonyl (C=O) groups is 1. The number of halogens is 2. The van der Waals surface area contributed by atoms with Crippen LogP contribution in [0.5, 0.6) is 0 Å². The van der Waals surface area contributed by atoms with Crippen LogP contribution in [-0.2, 0) is 14.9 Å². The topological polar surface area (TPSA) is 95.5 Å². The van der Waals surface area contributed by atoms with Crippen molar-refractivity contribution in [2.75, 3.05) is 13.2 Å². The summed E-state index contributed by atoms with van der Waals surface area (Å²) in [5, 5.41) is -2.62. The minimum atomic E-state index is -5.80. The number of rotatable bonds is 4. The van der Waals surface area contributed by atoms with E-state index in [9.17, 15) is 26.5 Å². The molecule has 0 spiro atoms. The minimum absolute atomic E-state index is 0.133. The van der Waals surface area contributed by atoms with E-state index in [1.807, 2.05) is 5.32 Å². The van der Waals surface area contributed by atoms with E-state index in [2.05, 4.69) is 4.74 Å². The van der Waals surface area contributed by atoms with E-state index in [1.54, 1.807) is 0 Å². The Morgan fingerprint density at radius 1 is 1.57 bits per heavy atom. The first kappa shape index (κ1) is 13.0. The highest BCUT2D eigenvalue weighted by molar-refractivity contribution is 7.86. The van der Waals surface area contributed by atoms with Gasteiger partial charge < -0.3 is 14.6 Å². The first-order valence-corrected chi connectivity index (χ1v) is 4.85. The summed E-state index contributed by atoms with van der Waals surface area (Å²) < 4.78 is 58.2. The molecule has 1 N–H and O–H groups in total. The summed E-state index contributed by atoms with van der Waals surface area (Å²) >= 11 is 0. The molecule has 0 aromatic rings. The van der Waals surface area contributed by atoms with E-state index in [-0.39, 0.29) is 6.54 Å². The molecule has 0 saturated heterocycles. The third-order valence-corrected chi connectivity index (χ3v) is 1.91. The van der Waals surface area contributed by atoms with Crippen LogP contribution in [0.1, 0.15) is 6.92 Å². The predicted molar refractivity (Wildman–Crippen MR) is 39.7 cm³/mol. The number of hydrogen-bond donors (Lipinski definition) is 1. The van der Waals surface area contributed by atoms with Gasteiger partial charge in [0.15, 0.2) is 16.7 Å². The van der Waals surface area contributed by atoms with Gasteiger partial charge in [0.1, 0.15) is 0 Å². The Morgan fingerprint density at radius 3 is 2.43 bits per heavy atom. The molecule has 0 heterocycles. The van der Waals surface area contributed by atoms with Crippen molar-refractivity contribution in [1.82, 2.24) is 5.32 Å². The molecule has 0 bridgehead atoms. The molecular formula is C5H8F2NO5S-. The van der Waals surface area contributed by atoms with Gasteiger partial charge in [-0.1, -0.05) is 0 Å². The van der Waals surface area contributed by atoms with Crippen molar-refractivity contribution in [3.8, 4) is 0 Å². The Bertz CT molecular complexity index is 301. The normalized spacial score (nSPS) is 12.3. The highest BCUT2D eigenvalue weighted by Gasteiger charge is 2.39. The molecule has 1 amide bonds. The van der Waals surface area contributed by atoms with Crippen LogP contribution >= 0.6 is 0 Å². The smallest absolute Gasteiger partial charge is 0.407 e. The van der Waals surface area contributed by atoms with Gasteiger partial charge in [-0.15, -0.1) is 0 Å². The van der Waals surface area contributed by atoms with Crippen molar-refractivity contribution < 1.29 is 31.3 Å². The van der Waals surface area contributed by atoms with Crippen molar-refractivity contribution in [1.29, 1.82) is 0 Å². The fourth-order valence-corrected chi connectivity index (χ4v) is 0.620. The molecule has 0 rings (SSSR count). The number of carbonyl (C=O) groups excluding carboxylic acids is 1. The van der Waals surface area contributed by atoms with Gasteiger partial charge >= 0.3 is 11.3 Å². The summed E-state index contributed by atoms with van der Waals surface area (Å²) in [6.07, 6.45) is -1.21. The Morgan fingerprint density at radius 2 is 2.07 bits per heavy atom. The fraction of sp³-hybridized carbons (Fsp3) is 0.800. The van der Waals surface area contributed by atoms with Gasteiger partial charge in [-0.3, -0.25) is 0 Å². The molecule has 0 aromatic heterocycles. The highest BCUT2D eigenvalue weighted by Crippen LogP contribution is 2.20.